The number of carbonyl (C=O) groups is 1. The Morgan fingerprint density at radius 1 is 1.19 bits per heavy atom. The molecule has 0 aliphatic heterocycles. The fraction of sp³-hybridized carbons (Fsp3) is 0. The van der Waals surface area contributed by atoms with Crippen LogP contribution >= 0.6 is 0 Å². The maximum Gasteiger partial charge on any atom is 0.278 e. The Morgan fingerprint density at radius 2 is 2.10 bits per heavy atom. The first-order chi connectivity index (χ1) is 10.3. The molecule has 8 heteroatoms. The Labute approximate surface area is 117 Å². The Kier molecular flexibility index (Phi) is 2.40. The van der Waals surface area contributed by atoms with Crippen LogP contribution in [0.1, 0.15) is 10.5 Å². The van der Waals surface area contributed by atoms with Gasteiger partial charge in [-0.25, -0.2) is 4.98 Å². The molecule has 0 spiro atoms. The maximum atomic E-state index is 12.1. The number of rotatable bonds is 2. The van der Waals surface area contributed by atoms with Gasteiger partial charge in [-0.3, -0.25) is 14.5 Å². The molecule has 4 aromatic rings. The zero-order valence-corrected chi connectivity index (χ0v) is 10.7. The highest BCUT2D eigenvalue weighted by atomic mass is 16.2. The van der Waals surface area contributed by atoms with Crippen molar-refractivity contribution in [2.24, 2.45) is 0 Å². The fourth-order valence-corrected chi connectivity index (χ4v) is 2.21. The van der Waals surface area contributed by atoms with Gasteiger partial charge in [0.2, 0.25) is 0 Å². The molecule has 3 aromatic heterocycles. The third-order valence-corrected chi connectivity index (χ3v) is 3.14. The summed E-state index contributed by atoms with van der Waals surface area (Å²) in [5, 5.41) is 16.6. The number of carbonyl (C=O) groups excluding carboxylic acids is 1. The first-order valence-electron chi connectivity index (χ1n) is 6.23. The van der Waals surface area contributed by atoms with E-state index in [-0.39, 0.29) is 17.5 Å². The standard InChI is InChI=1S/C13H9N7O/c21-12(15-13-16-18-19-17-13)9-7-20-10-4-2-1-3-8(10)5-6-11(20)14-9/h1-7H,(H2,15,16,17,18,19,21). The van der Waals surface area contributed by atoms with E-state index in [0.29, 0.717) is 5.65 Å². The molecule has 4 rings (SSSR count). The third kappa shape index (κ3) is 1.89. The van der Waals surface area contributed by atoms with Gasteiger partial charge in [0.05, 0.1) is 5.52 Å². The van der Waals surface area contributed by atoms with E-state index in [1.165, 1.54) is 0 Å². The highest BCUT2D eigenvalue weighted by Gasteiger charge is 2.13. The summed E-state index contributed by atoms with van der Waals surface area (Å²) in [4.78, 5) is 16.4. The number of hydrogen-bond donors (Lipinski definition) is 2. The van der Waals surface area contributed by atoms with Crippen molar-refractivity contribution < 1.29 is 4.79 Å². The summed E-state index contributed by atoms with van der Waals surface area (Å²) in [6.45, 7) is 0. The summed E-state index contributed by atoms with van der Waals surface area (Å²) in [6.07, 6.45) is 1.69. The molecule has 3 heterocycles. The highest BCUT2D eigenvalue weighted by Crippen LogP contribution is 2.17. The molecule has 1 aromatic carbocycles. The molecule has 0 atom stereocenters. The second-order valence-corrected chi connectivity index (χ2v) is 4.44. The summed E-state index contributed by atoms with van der Waals surface area (Å²) in [6, 6.07) is 11.7. The molecule has 0 unspecified atom stereocenters. The van der Waals surface area contributed by atoms with Crippen molar-refractivity contribution in [1.29, 1.82) is 0 Å². The third-order valence-electron chi connectivity index (χ3n) is 3.14. The van der Waals surface area contributed by atoms with E-state index in [1.54, 1.807) is 6.20 Å². The largest absolute Gasteiger partial charge is 0.299 e. The van der Waals surface area contributed by atoms with Gasteiger partial charge in [0, 0.05) is 6.20 Å². The molecule has 21 heavy (non-hydrogen) atoms. The minimum atomic E-state index is -0.385. The summed E-state index contributed by atoms with van der Waals surface area (Å²) in [5.41, 5.74) is 1.98. The second-order valence-electron chi connectivity index (χ2n) is 4.44. The van der Waals surface area contributed by atoms with Crippen LogP contribution in [-0.2, 0) is 0 Å². The number of pyridine rings is 1. The van der Waals surface area contributed by atoms with E-state index in [2.05, 4.69) is 30.9 Å². The van der Waals surface area contributed by atoms with Crippen LogP contribution < -0.4 is 5.32 Å². The number of nitrogens with zero attached hydrogens (tertiary/aromatic N) is 5. The number of hydrogen-bond acceptors (Lipinski definition) is 5. The zero-order chi connectivity index (χ0) is 14.2. The van der Waals surface area contributed by atoms with Gasteiger partial charge >= 0.3 is 0 Å². The van der Waals surface area contributed by atoms with Crippen LogP contribution in [0.4, 0.5) is 5.95 Å². The van der Waals surface area contributed by atoms with Crippen LogP contribution in [0.3, 0.4) is 0 Å². The molecule has 8 nitrogen and oxygen atoms in total. The number of anilines is 1. The predicted molar refractivity (Wildman–Crippen MR) is 74.8 cm³/mol. The first kappa shape index (κ1) is 11.5. The first-order valence-corrected chi connectivity index (χ1v) is 6.23. The molecule has 0 saturated carbocycles. The van der Waals surface area contributed by atoms with Crippen LogP contribution in [-0.4, -0.2) is 35.9 Å². The Bertz CT molecular complexity index is 942. The van der Waals surface area contributed by atoms with E-state index >= 15 is 0 Å². The molecular weight excluding hydrogens is 270 g/mol. The van der Waals surface area contributed by atoms with Crippen LogP contribution in [0, 0.1) is 0 Å². The average molecular weight is 279 g/mol. The molecule has 0 saturated heterocycles. The van der Waals surface area contributed by atoms with Crippen LogP contribution in [0.25, 0.3) is 16.6 Å². The summed E-state index contributed by atoms with van der Waals surface area (Å²) < 4.78 is 1.88. The lowest BCUT2D eigenvalue weighted by atomic mass is 10.2. The lowest BCUT2D eigenvalue weighted by Gasteiger charge is -2.00. The quantitative estimate of drug-likeness (QED) is 0.575. The van der Waals surface area contributed by atoms with Crippen molar-refractivity contribution in [3.63, 3.8) is 0 Å². The molecule has 0 aliphatic carbocycles. The zero-order valence-electron chi connectivity index (χ0n) is 10.7. The number of nitrogens with one attached hydrogen (secondary N) is 2. The molecule has 2 N–H and O–H groups in total. The Hall–Kier alpha value is -3.29. The normalized spacial score (nSPS) is 11.0. The summed E-state index contributed by atoms with van der Waals surface area (Å²) in [7, 11) is 0. The van der Waals surface area contributed by atoms with Gasteiger partial charge in [0.25, 0.3) is 11.9 Å². The number of amides is 1. The number of benzene rings is 1. The van der Waals surface area contributed by atoms with Crippen molar-refractivity contribution >= 4 is 28.4 Å². The Balaban J connectivity index is 1.80. The molecule has 1 amide bonds. The fourth-order valence-electron chi connectivity index (χ4n) is 2.21. The molecule has 0 aliphatic rings. The minimum absolute atomic E-state index is 0.113. The van der Waals surface area contributed by atoms with Crippen LogP contribution in [0.5, 0.6) is 0 Å². The molecule has 0 fully saturated rings. The van der Waals surface area contributed by atoms with Gasteiger partial charge in [0.1, 0.15) is 11.3 Å². The lowest BCUT2D eigenvalue weighted by molar-refractivity contribution is 0.102. The Morgan fingerprint density at radius 3 is 2.95 bits per heavy atom. The molecule has 0 radical (unpaired) electrons. The SMILES string of the molecule is O=C(Nc1nn[nH]n1)c1cn2c(ccc3ccccc32)n1. The van der Waals surface area contributed by atoms with Crippen molar-refractivity contribution in [2.45, 2.75) is 0 Å². The number of aromatic nitrogens is 6. The van der Waals surface area contributed by atoms with Crippen molar-refractivity contribution in [3.05, 3.63) is 48.3 Å². The van der Waals surface area contributed by atoms with Crippen molar-refractivity contribution in [3.8, 4) is 0 Å². The number of para-hydroxylation sites is 1. The highest BCUT2D eigenvalue weighted by molar-refractivity contribution is 6.02. The molecular formula is C13H9N7O. The second kappa shape index (κ2) is 4.37. The van der Waals surface area contributed by atoms with Crippen LogP contribution in [0.15, 0.2) is 42.6 Å². The number of tetrazole rings is 1. The minimum Gasteiger partial charge on any atom is -0.299 e. The van der Waals surface area contributed by atoms with E-state index < -0.39 is 0 Å². The smallest absolute Gasteiger partial charge is 0.278 e. The molecule has 0 bridgehead atoms. The van der Waals surface area contributed by atoms with Gasteiger partial charge in [-0.1, -0.05) is 23.3 Å². The number of H-pyrrole nitrogens is 1. The number of imidazole rings is 1. The van der Waals surface area contributed by atoms with Crippen LogP contribution in [0.2, 0.25) is 0 Å². The molecule has 102 valence electrons. The van der Waals surface area contributed by atoms with Gasteiger partial charge < -0.3 is 0 Å². The monoisotopic (exact) mass is 279 g/mol. The van der Waals surface area contributed by atoms with E-state index in [1.807, 2.05) is 40.8 Å². The summed E-state index contributed by atoms with van der Waals surface area (Å²) in [5.74, 6) is -0.272. The predicted octanol–water partition coefficient (Wildman–Crippen LogP) is 1.25. The summed E-state index contributed by atoms with van der Waals surface area (Å²) >= 11 is 0. The topological polar surface area (TPSA) is 101 Å². The van der Waals surface area contributed by atoms with Gasteiger partial charge in [0.15, 0.2) is 0 Å². The van der Waals surface area contributed by atoms with Gasteiger partial charge in [-0.15, -0.1) is 5.10 Å². The van der Waals surface area contributed by atoms with Gasteiger partial charge in [-0.2, -0.15) is 5.21 Å². The van der Waals surface area contributed by atoms with E-state index in [0.717, 1.165) is 10.9 Å². The number of fused-ring (bicyclic) bond motifs is 3. The van der Waals surface area contributed by atoms with E-state index in [9.17, 15) is 4.79 Å². The lowest BCUT2D eigenvalue weighted by Crippen LogP contribution is -2.13. The maximum absolute atomic E-state index is 12.1. The van der Waals surface area contributed by atoms with Crippen molar-refractivity contribution in [2.75, 3.05) is 5.32 Å². The number of aromatic amines is 1. The van der Waals surface area contributed by atoms with Gasteiger partial charge in [-0.05, 0) is 28.8 Å². The average Bonchev–Trinajstić information content (AvgIpc) is 3.15. The van der Waals surface area contributed by atoms with E-state index in [4.69, 9.17) is 0 Å². The van der Waals surface area contributed by atoms with Crippen molar-refractivity contribution in [1.82, 2.24) is 30.0 Å².